The van der Waals surface area contributed by atoms with E-state index >= 15 is 0 Å². The van der Waals surface area contributed by atoms with Crippen molar-refractivity contribution >= 4 is 27.9 Å². The third kappa shape index (κ3) is 12.0. The minimum absolute atomic E-state index is 0.105. The van der Waals surface area contributed by atoms with Gasteiger partial charge in [0.15, 0.2) is 0 Å². The molecule has 7 heterocycles. The molecule has 69 heavy (non-hydrogen) atoms. The smallest absolute Gasteiger partial charge is 0.444 e. The largest absolute Gasteiger partial charge is 0.534 e. The number of alkyl halides is 3. The zero-order valence-corrected chi connectivity index (χ0v) is 41.1. The normalized spacial score (nSPS) is 24.7. The number of amides is 2. The van der Waals surface area contributed by atoms with Gasteiger partial charge in [-0.1, -0.05) is 12.1 Å². The maximum Gasteiger partial charge on any atom is 0.534 e. The molecule has 2 aromatic carbocycles. The zero-order chi connectivity index (χ0) is 49.7. The molecule has 6 fully saturated rings. The van der Waals surface area contributed by atoms with E-state index in [-0.39, 0.29) is 41.1 Å². The third-order valence-electron chi connectivity index (χ3n) is 14.1. The molecule has 0 saturated carbocycles. The van der Waals surface area contributed by atoms with E-state index in [4.69, 9.17) is 23.7 Å². The van der Waals surface area contributed by atoms with Gasteiger partial charge in [-0.15, -0.1) is 0 Å². The van der Waals surface area contributed by atoms with Crippen LogP contribution in [0.25, 0.3) is 5.57 Å². The van der Waals surface area contributed by atoms with Gasteiger partial charge in [-0.25, -0.2) is 18.4 Å². The Balaban J connectivity index is 0.000000187. The van der Waals surface area contributed by atoms with Crippen LogP contribution in [0.5, 0.6) is 5.75 Å². The van der Waals surface area contributed by atoms with Gasteiger partial charge in [0.25, 0.3) is 0 Å². The van der Waals surface area contributed by atoms with Crippen molar-refractivity contribution in [1.82, 2.24) is 19.6 Å². The highest BCUT2D eigenvalue weighted by Gasteiger charge is 2.55. The van der Waals surface area contributed by atoms with Crippen molar-refractivity contribution in [1.29, 1.82) is 0 Å². The van der Waals surface area contributed by atoms with Crippen molar-refractivity contribution in [2.24, 2.45) is 0 Å². The second-order valence-corrected chi connectivity index (χ2v) is 23.2. The van der Waals surface area contributed by atoms with Crippen LogP contribution in [0.4, 0.5) is 31.5 Å². The van der Waals surface area contributed by atoms with Crippen LogP contribution >= 0.6 is 0 Å². The van der Waals surface area contributed by atoms with Crippen molar-refractivity contribution < 1.29 is 67.8 Å². The summed E-state index contributed by atoms with van der Waals surface area (Å²) in [7, 11) is -5.87. The molecule has 2 amide bonds. The van der Waals surface area contributed by atoms with E-state index in [1.807, 2.05) is 26.8 Å². The van der Waals surface area contributed by atoms with E-state index in [1.54, 1.807) is 42.7 Å². The van der Waals surface area contributed by atoms with Gasteiger partial charge >= 0.3 is 27.8 Å². The van der Waals surface area contributed by atoms with Gasteiger partial charge in [-0.2, -0.15) is 21.6 Å². The highest BCUT2D eigenvalue weighted by atomic mass is 32.2. The van der Waals surface area contributed by atoms with Gasteiger partial charge in [0, 0.05) is 17.6 Å². The number of hydrogen-bond donors (Lipinski definition) is 0. The maximum atomic E-state index is 14.1. The number of ether oxygens (including phenoxy) is 5. The minimum Gasteiger partial charge on any atom is -0.444 e. The summed E-state index contributed by atoms with van der Waals surface area (Å²) >= 11 is 0. The van der Waals surface area contributed by atoms with Crippen molar-refractivity contribution in [2.45, 2.75) is 132 Å². The molecule has 20 heteroatoms. The molecule has 7 aliphatic heterocycles. The molecule has 9 rings (SSSR count). The summed E-state index contributed by atoms with van der Waals surface area (Å²) in [5.41, 5.74) is -3.71. The Kier molecular flexibility index (Phi) is 14.5. The second kappa shape index (κ2) is 19.5. The number of halogens is 5. The van der Waals surface area contributed by atoms with Crippen LogP contribution in [0.2, 0.25) is 0 Å². The lowest BCUT2D eigenvalue weighted by Gasteiger charge is -2.47. The number of hydrogen-bond acceptors (Lipinski definition) is 12. The molecule has 0 N–H and O–H groups in total. The molecule has 2 atom stereocenters. The van der Waals surface area contributed by atoms with E-state index in [9.17, 15) is 40.0 Å². The van der Waals surface area contributed by atoms with Gasteiger partial charge in [0.2, 0.25) is 0 Å². The summed E-state index contributed by atoms with van der Waals surface area (Å²) in [5, 5.41) is 0. The summed E-state index contributed by atoms with van der Waals surface area (Å²) in [6, 6.07) is 8.51. The first-order valence-corrected chi connectivity index (χ1v) is 25.3. The molecule has 0 radical (unpaired) electrons. The van der Waals surface area contributed by atoms with Crippen LogP contribution < -0.4 is 4.18 Å². The number of carbonyl (C=O) groups excluding carboxylic acids is 2. The van der Waals surface area contributed by atoms with Crippen LogP contribution in [0.1, 0.15) is 109 Å². The van der Waals surface area contributed by atoms with E-state index in [1.165, 1.54) is 5.57 Å². The lowest BCUT2D eigenvalue weighted by molar-refractivity contribution is -0.109. The zero-order valence-electron chi connectivity index (χ0n) is 40.2. The molecule has 0 unspecified atom stereocenters. The Morgan fingerprint density at radius 3 is 1.57 bits per heavy atom. The Morgan fingerprint density at radius 1 is 0.681 bits per heavy atom. The van der Waals surface area contributed by atoms with E-state index in [2.05, 4.69) is 20.1 Å². The fraction of sp³-hybridized carbons (Fsp3) is 0.673. The van der Waals surface area contributed by atoms with Crippen LogP contribution in [0.3, 0.4) is 0 Å². The van der Waals surface area contributed by atoms with Crippen molar-refractivity contribution in [2.75, 3.05) is 78.8 Å². The second-order valence-electron chi connectivity index (χ2n) is 21.6. The average molecular weight is 997 g/mol. The summed E-state index contributed by atoms with van der Waals surface area (Å²) in [4.78, 5) is 32.6. The summed E-state index contributed by atoms with van der Waals surface area (Å²) in [5.74, 6) is -1.36. The molecule has 7 aliphatic rings. The number of carbonyl (C=O) groups is 2. The highest BCUT2D eigenvalue weighted by Crippen LogP contribution is 2.43. The van der Waals surface area contributed by atoms with Crippen LogP contribution in [0, 0.1) is 11.6 Å². The third-order valence-corrected chi connectivity index (χ3v) is 15.1. The number of likely N-dealkylation sites (tertiary alicyclic amines) is 4. The van der Waals surface area contributed by atoms with Crippen molar-refractivity contribution in [3.8, 4) is 5.75 Å². The van der Waals surface area contributed by atoms with Crippen LogP contribution in [-0.4, -0.2) is 159 Å². The molecule has 2 spiro atoms. The molecule has 382 valence electrons. The Bertz CT molecular complexity index is 2340. The first-order chi connectivity index (χ1) is 32.3. The van der Waals surface area contributed by atoms with Crippen molar-refractivity contribution in [3.05, 3.63) is 70.8 Å². The molecule has 14 nitrogen and oxygen atoms in total. The van der Waals surface area contributed by atoms with Gasteiger partial charge in [0.05, 0.1) is 52.6 Å². The predicted molar refractivity (Wildman–Crippen MR) is 244 cm³/mol. The van der Waals surface area contributed by atoms with E-state index in [0.29, 0.717) is 90.5 Å². The minimum atomic E-state index is -5.87. The summed E-state index contributed by atoms with van der Waals surface area (Å²) < 4.78 is 122. The first kappa shape index (κ1) is 51.3. The topological polar surface area (TPSA) is 137 Å². The SMILES string of the molecule is CC(C)(C)OC(=O)N1CC2(C[C@H](N3CCC(c4cc(F)ccc4C4=CCOC4)CC3)CO2)C1.CC(C)(C)OC(=O)N1CC2(C[C@H](N3CCC(c4cc(F)ccc4OS(=O)(=O)C(F)(F)F)CC3)CO2)C1. The Hall–Kier alpha value is -4.08. The van der Waals surface area contributed by atoms with Gasteiger partial charge in [-0.05, 0) is 165 Å². The standard InChI is InChI=1S/C26H35FN2O4.C23H30F4N2O6S/c1-25(2,3)33-24(30)29-16-26(17-29)13-21(15-32-26)28-9-6-18(7-10-28)23-12-20(27)4-5-22(23)19-8-11-31-14-19;1-21(2,3)34-20(30)29-13-22(14-29)11-17(12-33-22)28-8-6-15(7-9-28)18-10-16(24)4-5-19(18)35-36(31,32)23(25,26)27/h4-5,8,12,18,21H,6-7,9-11,13-17H2,1-3H3;4-5,10,15,17H,6-9,11-14H2,1-3H3/t21-;17-/m00/s1. The van der Waals surface area contributed by atoms with Crippen LogP contribution in [-0.2, 0) is 33.8 Å². The van der Waals surface area contributed by atoms with E-state index in [0.717, 1.165) is 68.1 Å². The van der Waals surface area contributed by atoms with Gasteiger partial charge in [0.1, 0.15) is 39.8 Å². The maximum absolute atomic E-state index is 14.1. The molecule has 2 aromatic rings. The summed E-state index contributed by atoms with van der Waals surface area (Å²) in [6.45, 7) is 18.8. The summed E-state index contributed by atoms with van der Waals surface area (Å²) in [6.07, 6.45) is 6.16. The van der Waals surface area contributed by atoms with Crippen molar-refractivity contribution in [3.63, 3.8) is 0 Å². The lowest BCUT2D eigenvalue weighted by Crippen LogP contribution is -2.64. The molecule has 0 bridgehead atoms. The van der Waals surface area contributed by atoms with Crippen LogP contribution in [0.15, 0.2) is 42.5 Å². The monoisotopic (exact) mass is 996 g/mol. The first-order valence-electron chi connectivity index (χ1n) is 23.9. The molecular formula is C49H65F5N4O10S. The Labute approximate surface area is 401 Å². The Morgan fingerprint density at radius 2 is 1.13 bits per heavy atom. The highest BCUT2D eigenvalue weighted by molar-refractivity contribution is 7.88. The van der Waals surface area contributed by atoms with Gasteiger partial charge in [-0.3, -0.25) is 9.80 Å². The molecule has 0 aromatic heterocycles. The quantitative estimate of drug-likeness (QED) is 0.150. The van der Waals surface area contributed by atoms with Gasteiger partial charge < -0.3 is 37.7 Å². The predicted octanol–water partition coefficient (Wildman–Crippen LogP) is 8.21. The molecule has 0 aliphatic carbocycles. The average Bonchev–Trinajstić information content (AvgIpc) is 4.04. The fourth-order valence-corrected chi connectivity index (χ4v) is 11.2. The molecular weight excluding hydrogens is 932 g/mol. The number of nitrogens with zero attached hydrogens (tertiary/aromatic N) is 4. The lowest BCUT2D eigenvalue weighted by atomic mass is 9.83. The number of rotatable bonds is 7. The number of piperidine rings is 2. The van der Waals surface area contributed by atoms with E-state index < -0.39 is 44.0 Å². The fourth-order valence-electron chi connectivity index (χ4n) is 10.7. The molecule has 6 saturated heterocycles. The number of benzene rings is 2.